The number of primary amides is 1. The molecule has 0 aromatic heterocycles. The summed E-state index contributed by atoms with van der Waals surface area (Å²) < 4.78 is 0. The van der Waals surface area contributed by atoms with E-state index in [-0.39, 0.29) is 18.5 Å². The van der Waals surface area contributed by atoms with Crippen molar-refractivity contribution in [2.45, 2.75) is 31.7 Å². The summed E-state index contributed by atoms with van der Waals surface area (Å²) in [5.74, 6) is 1.82. The Hall–Kier alpha value is -1.88. The number of amides is 3. The summed E-state index contributed by atoms with van der Waals surface area (Å²) in [7, 11) is 0. The third kappa shape index (κ3) is 2.29. The van der Waals surface area contributed by atoms with Crippen molar-refractivity contribution < 1.29 is 9.59 Å². The van der Waals surface area contributed by atoms with Gasteiger partial charge in [-0.1, -0.05) is 18.2 Å². The lowest BCUT2D eigenvalue weighted by molar-refractivity contribution is -0.117. The molecule has 0 spiro atoms. The number of carbonyl (C=O) groups excluding carboxylic acids is 2. The molecule has 2 fully saturated rings. The molecule has 0 saturated heterocycles. The van der Waals surface area contributed by atoms with E-state index in [1.165, 1.54) is 25.7 Å². The number of benzene rings is 1. The van der Waals surface area contributed by atoms with Crippen LogP contribution in [0, 0.1) is 17.8 Å². The predicted octanol–water partition coefficient (Wildman–Crippen LogP) is 2.18. The maximum absolute atomic E-state index is 12.3. The Morgan fingerprint density at radius 2 is 1.82 bits per heavy atom. The second-order valence-electron chi connectivity index (χ2n) is 6.74. The van der Waals surface area contributed by atoms with Crippen molar-refractivity contribution >= 4 is 17.6 Å². The van der Waals surface area contributed by atoms with E-state index < -0.39 is 6.03 Å². The number of rotatable bonds is 3. The zero-order chi connectivity index (χ0) is 15.3. The zero-order valence-electron chi connectivity index (χ0n) is 12.5. The lowest BCUT2D eigenvalue weighted by Gasteiger charge is -2.28. The second kappa shape index (κ2) is 5.09. The molecule has 3 aliphatic rings. The number of fused-ring (bicyclic) bond motifs is 1. The largest absolute Gasteiger partial charge is 0.351 e. The molecule has 1 aromatic rings. The van der Waals surface area contributed by atoms with Crippen LogP contribution in [0.1, 0.15) is 37.3 Å². The topological polar surface area (TPSA) is 75.4 Å². The highest BCUT2D eigenvalue weighted by atomic mass is 16.2. The molecule has 1 heterocycles. The fourth-order valence-corrected chi connectivity index (χ4v) is 3.95. The molecular weight excluding hydrogens is 278 g/mol. The number of anilines is 1. The molecular formula is C17H21N3O2. The van der Waals surface area contributed by atoms with Crippen LogP contribution in [0.25, 0.3) is 0 Å². The summed E-state index contributed by atoms with van der Waals surface area (Å²) in [6.45, 7) is 0.165. The smallest absolute Gasteiger partial charge is 0.326 e. The average Bonchev–Trinajstić information content (AvgIpc) is 3.37. The Labute approximate surface area is 129 Å². The van der Waals surface area contributed by atoms with Gasteiger partial charge in [0.05, 0.1) is 12.2 Å². The van der Waals surface area contributed by atoms with Gasteiger partial charge in [0.2, 0.25) is 5.91 Å². The zero-order valence-corrected chi connectivity index (χ0v) is 12.5. The van der Waals surface area contributed by atoms with E-state index in [9.17, 15) is 9.59 Å². The molecule has 2 aliphatic carbocycles. The van der Waals surface area contributed by atoms with Crippen molar-refractivity contribution in [2.24, 2.45) is 23.5 Å². The third-order valence-corrected chi connectivity index (χ3v) is 5.17. The molecule has 0 radical (unpaired) electrons. The number of urea groups is 1. The van der Waals surface area contributed by atoms with Crippen LogP contribution in [0.2, 0.25) is 0 Å². The number of nitrogens with zero attached hydrogens (tertiary/aromatic N) is 1. The molecule has 116 valence electrons. The first-order valence-electron chi connectivity index (χ1n) is 8.11. The average molecular weight is 299 g/mol. The van der Waals surface area contributed by atoms with Gasteiger partial charge in [-0.3, -0.25) is 4.79 Å². The molecule has 1 aromatic carbocycles. The van der Waals surface area contributed by atoms with Gasteiger partial charge in [-0.25, -0.2) is 9.69 Å². The standard InChI is InChI=1S/C17H21N3O2/c18-17(22)20-13-4-2-1-3-12(13)16(19-9-14(20)21)15(10-5-6-10)11-7-8-11/h1-4,10-11,15-16,19H,5-9H2,(H2,18,22). The Kier molecular flexibility index (Phi) is 3.18. The number of hydrogen-bond acceptors (Lipinski definition) is 3. The van der Waals surface area contributed by atoms with Crippen LogP contribution >= 0.6 is 0 Å². The normalized spacial score (nSPS) is 25.0. The highest BCUT2D eigenvalue weighted by molar-refractivity contribution is 6.15. The van der Waals surface area contributed by atoms with Crippen LogP contribution in [0.15, 0.2) is 24.3 Å². The third-order valence-electron chi connectivity index (χ3n) is 5.17. The maximum Gasteiger partial charge on any atom is 0.326 e. The lowest BCUT2D eigenvalue weighted by Crippen LogP contribution is -2.43. The van der Waals surface area contributed by atoms with Crippen molar-refractivity contribution in [1.29, 1.82) is 0 Å². The molecule has 1 atom stereocenters. The highest BCUT2D eigenvalue weighted by Crippen LogP contribution is 2.55. The molecule has 4 rings (SSSR count). The van der Waals surface area contributed by atoms with Gasteiger partial charge < -0.3 is 11.1 Å². The van der Waals surface area contributed by atoms with E-state index in [0.29, 0.717) is 11.6 Å². The summed E-state index contributed by atoms with van der Waals surface area (Å²) >= 11 is 0. The highest BCUT2D eigenvalue weighted by Gasteiger charge is 2.47. The van der Waals surface area contributed by atoms with Gasteiger partial charge in [-0.05, 0) is 55.1 Å². The second-order valence-corrected chi connectivity index (χ2v) is 6.74. The fourth-order valence-electron chi connectivity index (χ4n) is 3.95. The monoisotopic (exact) mass is 299 g/mol. The van der Waals surface area contributed by atoms with Gasteiger partial charge in [-0.2, -0.15) is 0 Å². The minimum absolute atomic E-state index is 0.143. The minimum Gasteiger partial charge on any atom is -0.351 e. The molecule has 0 bridgehead atoms. The number of carbonyl (C=O) groups is 2. The minimum atomic E-state index is -0.700. The van der Waals surface area contributed by atoms with E-state index in [0.717, 1.165) is 22.3 Å². The summed E-state index contributed by atoms with van der Waals surface area (Å²) in [5.41, 5.74) is 7.14. The van der Waals surface area contributed by atoms with Gasteiger partial charge in [0.15, 0.2) is 0 Å². The van der Waals surface area contributed by atoms with Crippen LogP contribution in [-0.4, -0.2) is 18.5 Å². The van der Waals surface area contributed by atoms with Crippen molar-refractivity contribution in [3.63, 3.8) is 0 Å². The van der Waals surface area contributed by atoms with Gasteiger partial charge in [0, 0.05) is 6.04 Å². The van der Waals surface area contributed by atoms with E-state index in [1.54, 1.807) is 0 Å². The summed E-state index contributed by atoms with van der Waals surface area (Å²) in [6.07, 6.45) is 5.15. The molecule has 22 heavy (non-hydrogen) atoms. The first kappa shape index (κ1) is 13.8. The molecule has 5 heteroatoms. The Morgan fingerprint density at radius 3 is 2.41 bits per heavy atom. The molecule has 3 N–H and O–H groups in total. The molecule has 5 nitrogen and oxygen atoms in total. The predicted molar refractivity (Wildman–Crippen MR) is 83.2 cm³/mol. The Bertz CT molecular complexity index is 610. The van der Waals surface area contributed by atoms with Gasteiger partial charge in [0.25, 0.3) is 0 Å². The van der Waals surface area contributed by atoms with Gasteiger partial charge >= 0.3 is 6.03 Å². The summed E-state index contributed by atoms with van der Waals surface area (Å²) in [6, 6.07) is 7.13. The van der Waals surface area contributed by atoms with Crippen LogP contribution in [0.4, 0.5) is 10.5 Å². The Morgan fingerprint density at radius 1 is 1.18 bits per heavy atom. The van der Waals surface area contributed by atoms with Crippen molar-refractivity contribution in [3.05, 3.63) is 29.8 Å². The molecule has 2 saturated carbocycles. The van der Waals surface area contributed by atoms with Gasteiger partial charge in [-0.15, -0.1) is 0 Å². The van der Waals surface area contributed by atoms with Crippen LogP contribution in [-0.2, 0) is 4.79 Å². The number of nitrogens with one attached hydrogen (secondary N) is 1. The molecule has 3 amide bonds. The molecule has 1 aliphatic heterocycles. The number of hydrogen-bond donors (Lipinski definition) is 2. The van der Waals surface area contributed by atoms with Crippen molar-refractivity contribution in [1.82, 2.24) is 5.32 Å². The number of para-hydroxylation sites is 1. The van der Waals surface area contributed by atoms with E-state index in [4.69, 9.17) is 5.73 Å². The fraction of sp³-hybridized carbons (Fsp3) is 0.529. The van der Waals surface area contributed by atoms with Gasteiger partial charge in [0.1, 0.15) is 0 Å². The number of imide groups is 1. The van der Waals surface area contributed by atoms with E-state index in [1.807, 2.05) is 24.3 Å². The number of nitrogens with two attached hydrogens (primary N) is 1. The van der Waals surface area contributed by atoms with Crippen molar-refractivity contribution in [2.75, 3.05) is 11.4 Å². The summed E-state index contributed by atoms with van der Waals surface area (Å²) in [4.78, 5) is 25.2. The SMILES string of the molecule is NC(=O)N1C(=O)CNC(C(C2CC2)C2CC2)c2ccccc21. The lowest BCUT2D eigenvalue weighted by atomic mass is 9.84. The van der Waals surface area contributed by atoms with Crippen LogP contribution < -0.4 is 16.0 Å². The summed E-state index contributed by atoms with van der Waals surface area (Å²) in [5, 5.41) is 3.42. The van der Waals surface area contributed by atoms with E-state index >= 15 is 0 Å². The van der Waals surface area contributed by atoms with Crippen LogP contribution in [0.5, 0.6) is 0 Å². The Balaban J connectivity index is 1.77. The first-order chi connectivity index (χ1) is 10.7. The van der Waals surface area contributed by atoms with Crippen LogP contribution in [0.3, 0.4) is 0 Å². The maximum atomic E-state index is 12.3. The van der Waals surface area contributed by atoms with Crippen molar-refractivity contribution in [3.8, 4) is 0 Å². The first-order valence-corrected chi connectivity index (χ1v) is 8.11. The van der Waals surface area contributed by atoms with E-state index in [2.05, 4.69) is 5.32 Å². The quantitative estimate of drug-likeness (QED) is 0.898. The molecule has 1 unspecified atom stereocenters.